The van der Waals surface area contributed by atoms with Gasteiger partial charge in [0.15, 0.2) is 0 Å². The molecule has 6 nitrogen and oxygen atoms in total. The molecule has 1 aromatic carbocycles. The van der Waals surface area contributed by atoms with Crippen LogP contribution >= 0.6 is 11.3 Å². The van der Waals surface area contributed by atoms with Crippen molar-refractivity contribution in [3.8, 4) is 5.75 Å². The number of hydrogen-bond donors (Lipinski definition) is 1. The fourth-order valence-electron chi connectivity index (χ4n) is 3.91. The van der Waals surface area contributed by atoms with Gasteiger partial charge in [-0.05, 0) is 35.6 Å². The summed E-state index contributed by atoms with van der Waals surface area (Å²) < 4.78 is 24.8. The van der Waals surface area contributed by atoms with Gasteiger partial charge in [0.05, 0.1) is 31.9 Å². The molecule has 0 radical (unpaired) electrons. The minimum absolute atomic E-state index is 0.0549. The Labute approximate surface area is 198 Å². The highest BCUT2D eigenvalue weighted by atomic mass is 32.1. The first-order valence-electron chi connectivity index (χ1n) is 11.0. The summed E-state index contributed by atoms with van der Waals surface area (Å²) in [6.07, 6.45) is 3.39. The van der Waals surface area contributed by atoms with Gasteiger partial charge in [-0.15, -0.1) is 24.5 Å². The third-order valence-corrected chi connectivity index (χ3v) is 6.38. The Morgan fingerprint density at radius 1 is 1.36 bits per heavy atom. The van der Waals surface area contributed by atoms with Crippen LogP contribution in [-0.4, -0.2) is 72.9 Å². The maximum Gasteiger partial charge on any atom is 0.237 e. The molecule has 0 saturated carbocycles. The second kappa shape index (κ2) is 12.6. The minimum Gasteiger partial charge on any atom is -0.491 e. The summed E-state index contributed by atoms with van der Waals surface area (Å²) in [4.78, 5) is 18.3. The number of fused-ring (bicyclic) bond motifs is 1. The van der Waals surface area contributed by atoms with Gasteiger partial charge in [-0.1, -0.05) is 18.2 Å². The van der Waals surface area contributed by atoms with E-state index in [1.165, 1.54) is 17.0 Å². The van der Waals surface area contributed by atoms with Gasteiger partial charge in [0.1, 0.15) is 18.2 Å². The number of halogens is 1. The monoisotopic (exact) mass is 474 g/mol. The quantitative estimate of drug-likeness (QED) is 0.356. The topological polar surface area (TPSA) is 62.2 Å². The number of amides is 1. The zero-order chi connectivity index (χ0) is 23.6. The van der Waals surface area contributed by atoms with Crippen molar-refractivity contribution >= 4 is 17.2 Å². The molecule has 2 atom stereocenters. The molecule has 1 N–H and O–H groups in total. The first-order valence-corrected chi connectivity index (χ1v) is 11.8. The number of rotatable bonds is 13. The number of carbonyl (C=O) groups is 1. The lowest BCUT2D eigenvalue weighted by molar-refractivity contribution is -0.136. The lowest BCUT2D eigenvalue weighted by Crippen LogP contribution is -2.48. The van der Waals surface area contributed by atoms with Crippen LogP contribution in [0.5, 0.6) is 5.75 Å². The second-order valence-corrected chi connectivity index (χ2v) is 8.88. The predicted octanol–water partition coefficient (Wildman–Crippen LogP) is 3.44. The number of benzene rings is 1. The second-order valence-electron chi connectivity index (χ2n) is 7.88. The normalized spacial score (nSPS) is 16.3. The molecule has 0 saturated heterocycles. The van der Waals surface area contributed by atoms with Gasteiger partial charge < -0.3 is 19.5 Å². The molecule has 1 aliphatic rings. The highest BCUT2D eigenvalue weighted by Gasteiger charge is 2.33. The molecule has 1 aliphatic heterocycles. The van der Waals surface area contributed by atoms with Gasteiger partial charge in [-0.3, -0.25) is 9.69 Å². The Balaban J connectivity index is 1.67. The smallest absolute Gasteiger partial charge is 0.237 e. The fraction of sp³-hybridized carbons (Fsp3) is 0.400. The number of carbonyl (C=O) groups excluding carboxylic acids is 1. The first kappa shape index (κ1) is 25.1. The summed E-state index contributed by atoms with van der Waals surface area (Å²) in [5, 5.41) is 12.3. The lowest BCUT2D eigenvalue weighted by Gasteiger charge is -2.37. The third kappa shape index (κ3) is 7.23. The fourth-order valence-corrected chi connectivity index (χ4v) is 4.84. The third-order valence-electron chi connectivity index (χ3n) is 5.38. The van der Waals surface area contributed by atoms with E-state index >= 15 is 0 Å². The van der Waals surface area contributed by atoms with E-state index in [1.807, 2.05) is 21.2 Å². The summed E-state index contributed by atoms with van der Waals surface area (Å²) in [7, 11) is 0. The van der Waals surface area contributed by atoms with Crippen LogP contribution in [0.4, 0.5) is 4.39 Å². The molecule has 3 rings (SSSR count). The molecular formula is C25H31FN2O4S. The Morgan fingerprint density at radius 2 is 2.21 bits per heavy atom. The van der Waals surface area contributed by atoms with Crippen LogP contribution in [0.15, 0.2) is 61.0 Å². The average Bonchev–Trinajstić information content (AvgIpc) is 3.27. The van der Waals surface area contributed by atoms with Crippen molar-refractivity contribution in [2.45, 2.75) is 18.6 Å². The SMILES string of the molecule is C=CCOCC(O)CN(CC=C)CC(=O)N1CCc2sccc2C1COc1cccc(F)c1. The van der Waals surface area contributed by atoms with Gasteiger partial charge in [-0.25, -0.2) is 4.39 Å². The number of nitrogens with zero attached hydrogens (tertiary/aromatic N) is 2. The molecule has 1 amide bonds. The molecule has 0 bridgehead atoms. The van der Waals surface area contributed by atoms with Gasteiger partial charge in [0.2, 0.25) is 5.91 Å². The molecule has 178 valence electrons. The van der Waals surface area contributed by atoms with E-state index in [-0.39, 0.29) is 44.1 Å². The number of ether oxygens (including phenoxy) is 2. The summed E-state index contributed by atoms with van der Waals surface area (Å²) in [5.41, 5.74) is 1.07. The van der Waals surface area contributed by atoms with Crippen molar-refractivity contribution in [1.82, 2.24) is 9.80 Å². The van der Waals surface area contributed by atoms with E-state index in [1.54, 1.807) is 35.6 Å². The highest BCUT2D eigenvalue weighted by Crippen LogP contribution is 2.34. The van der Waals surface area contributed by atoms with E-state index < -0.39 is 6.10 Å². The molecular weight excluding hydrogens is 443 g/mol. The maximum absolute atomic E-state index is 13.6. The number of aliphatic hydroxyl groups is 1. The van der Waals surface area contributed by atoms with Crippen molar-refractivity contribution in [3.05, 3.63) is 77.3 Å². The summed E-state index contributed by atoms with van der Waals surface area (Å²) >= 11 is 1.68. The van der Waals surface area contributed by atoms with Crippen LogP contribution in [0, 0.1) is 5.82 Å². The molecule has 1 aromatic heterocycles. The molecule has 8 heteroatoms. The number of hydrogen-bond acceptors (Lipinski definition) is 6. The van der Waals surface area contributed by atoms with Crippen LogP contribution in [0.25, 0.3) is 0 Å². The molecule has 0 fully saturated rings. The molecule has 2 heterocycles. The Kier molecular flexibility index (Phi) is 9.62. The van der Waals surface area contributed by atoms with Crippen LogP contribution in [0.2, 0.25) is 0 Å². The Morgan fingerprint density at radius 3 is 2.97 bits per heavy atom. The van der Waals surface area contributed by atoms with E-state index in [2.05, 4.69) is 13.2 Å². The molecule has 33 heavy (non-hydrogen) atoms. The molecule has 2 aromatic rings. The molecule has 0 spiro atoms. The minimum atomic E-state index is -0.727. The van der Waals surface area contributed by atoms with Crippen molar-refractivity contribution in [2.75, 3.05) is 46.0 Å². The van der Waals surface area contributed by atoms with Gasteiger partial charge in [0.25, 0.3) is 0 Å². The Bertz CT molecular complexity index is 935. The van der Waals surface area contributed by atoms with Gasteiger partial charge in [-0.2, -0.15) is 0 Å². The Hall–Kier alpha value is -2.52. The summed E-state index contributed by atoms with van der Waals surface area (Å²) in [5.74, 6) is 0.0115. The van der Waals surface area contributed by atoms with Crippen molar-refractivity contribution < 1.29 is 23.8 Å². The van der Waals surface area contributed by atoms with E-state index in [0.29, 0.717) is 25.4 Å². The van der Waals surface area contributed by atoms with Crippen LogP contribution in [-0.2, 0) is 16.0 Å². The van der Waals surface area contributed by atoms with Crippen molar-refractivity contribution in [1.29, 1.82) is 0 Å². The molecule has 2 unspecified atom stereocenters. The van der Waals surface area contributed by atoms with Crippen molar-refractivity contribution in [2.24, 2.45) is 0 Å². The molecule has 0 aliphatic carbocycles. The number of thiophene rings is 1. The zero-order valence-corrected chi connectivity index (χ0v) is 19.5. The predicted molar refractivity (Wildman–Crippen MR) is 128 cm³/mol. The zero-order valence-electron chi connectivity index (χ0n) is 18.7. The lowest BCUT2D eigenvalue weighted by atomic mass is 10.0. The average molecular weight is 475 g/mol. The highest BCUT2D eigenvalue weighted by molar-refractivity contribution is 7.10. The van der Waals surface area contributed by atoms with Gasteiger partial charge >= 0.3 is 0 Å². The van der Waals surface area contributed by atoms with Gasteiger partial charge in [0, 0.05) is 30.6 Å². The van der Waals surface area contributed by atoms with E-state index in [4.69, 9.17) is 9.47 Å². The van der Waals surface area contributed by atoms with Crippen LogP contribution in [0.3, 0.4) is 0 Å². The summed E-state index contributed by atoms with van der Waals surface area (Å²) in [6, 6.07) is 7.77. The first-order chi connectivity index (χ1) is 16.0. The maximum atomic E-state index is 13.6. The van der Waals surface area contributed by atoms with Crippen LogP contribution < -0.4 is 4.74 Å². The summed E-state index contributed by atoms with van der Waals surface area (Å²) in [6.45, 7) is 9.59. The van der Waals surface area contributed by atoms with E-state index in [9.17, 15) is 14.3 Å². The van der Waals surface area contributed by atoms with E-state index in [0.717, 1.165) is 12.0 Å². The van der Waals surface area contributed by atoms with Crippen LogP contribution in [0.1, 0.15) is 16.5 Å². The standard InChI is InChI=1S/C25H31FN2O4S/c1-3-10-27(15-20(29)17-31-12-4-2)16-25(30)28-11-8-24-22(9-13-33-24)23(28)18-32-21-7-5-6-19(26)14-21/h3-7,9,13-14,20,23,29H,1-2,8,10-12,15-18H2. The van der Waals surface area contributed by atoms with Crippen molar-refractivity contribution in [3.63, 3.8) is 0 Å². The largest absolute Gasteiger partial charge is 0.491 e. The number of aliphatic hydroxyl groups excluding tert-OH is 1.